The maximum Gasteiger partial charge on any atom is 0.246 e. The minimum Gasteiger partial charge on any atom is -0.376 e. The van der Waals surface area contributed by atoms with Crippen molar-refractivity contribution in [2.24, 2.45) is 0 Å². The standard InChI is InChI=1S/C34H44N4O3/c39-32-31(23-27-24-35-30-16-8-7-15-29(27)30)36-33(40)34(38(32)25-28-14-10-22-41-28)17-20-37(21-18-34)19-9-2-1-4-11-26-12-5-3-6-13-26/h3,5-8,12-13,15-16,24,28,31,35H,1-2,4,9-11,14,17-23,25H2,(H,36,40). The summed E-state index contributed by atoms with van der Waals surface area (Å²) in [6.45, 7) is 4.01. The van der Waals surface area contributed by atoms with E-state index in [0.717, 1.165) is 62.0 Å². The van der Waals surface area contributed by atoms with Gasteiger partial charge in [-0.2, -0.15) is 0 Å². The van der Waals surface area contributed by atoms with Gasteiger partial charge in [0.1, 0.15) is 11.6 Å². The van der Waals surface area contributed by atoms with Gasteiger partial charge in [0.25, 0.3) is 0 Å². The molecule has 41 heavy (non-hydrogen) atoms. The number of rotatable bonds is 11. The van der Waals surface area contributed by atoms with Crippen molar-refractivity contribution in [3.63, 3.8) is 0 Å². The van der Waals surface area contributed by atoms with Crippen LogP contribution in [0.25, 0.3) is 10.9 Å². The number of aromatic amines is 1. The topological polar surface area (TPSA) is 77.7 Å². The van der Waals surface area contributed by atoms with E-state index in [4.69, 9.17) is 4.74 Å². The highest BCUT2D eigenvalue weighted by atomic mass is 16.5. The molecule has 1 spiro atoms. The zero-order valence-corrected chi connectivity index (χ0v) is 24.2. The van der Waals surface area contributed by atoms with Crippen molar-refractivity contribution in [3.8, 4) is 0 Å². The van der Waals surface area contributed by atoms with Crippen LogP contribution in [0.4, 0.5) is 0 Å². The predicted molar refractivity (Wildman–Crippen MR) is 162 cm³/mol. The van der Waals surface area contributed by atoms with Gasteiger partial charge in [0, 0.05) is 49.8 Å². The minimum absolute atomic E-state index is 0.0144. The molecule has 0 bridgehead atoms. The van der Waals surface area contributed by atoms with Gasteiger partial charge in [0.05, 0.1) is 6.10 Å². The molecular formula is C34H44N4O3. The van der Waals surface area contributed by atoms with E-state index in [1.54, 1.807) is 0 Å². The van der Waals surface area contributed by atoms with Gasteiger partial charge >= 0.3 is 0 Å². The lowest BCUT2D eigenvalue weighted by molar-refractivity contribution is -0.163. The van der Waals surface area contributed by atoms with Crippen LogP contribution in [0, 0.1) is 0 Å². The maximum atomic E-state index is 14.1. The molecule has 2 aromatic carbocycles. The molecule has 218 valence electrons. The summed E-state index contributed by atoms with van der Waals surface area (Å²) in [5, 5.41) is 4.28. The van der Waals surface area contributed by atoms with E-state index in [9.17, 15) is 9.59 Å². The van der Waals surface area contributed by atoms with Crippen LogP contribution >= 0.6 is 0 Å². The Labute approximate surface area is 243 Å². The third-order valence-electron chi connectivity index (χ3n) is 9.53. The molecule has 2 N–H and O–H groups in total. The molecule has 2 amide bonds. The number of para-hydroxylation sites is 1. The van der Waals surface area contributed by atoms with Crippen LogP contribution in [-0.4, -0.2) is 77.1 Å². The monoisotopic (exact) mass is 556 g/mol. The summed E-state index contributed by atoms with van der Waals surface area (Å²) < 4.78 is 5.97. The molecule has 2 unspecified atom stereocenters. The van der Waals surface area contributed by atoms with Crippen molar-refractivity contribution in [2.75, 3.05) is 32.8 Å². The summed E-state index contributed by atoms with van der Waals surface area (Å²) in [4.78, 5) is 35.7. The van der Waals surface area contributed by atoms with Crippen LogP contribution in [0.1, 0.15) is 62.5 Å². The summed E-state index contributed by atoms with van der Waals surface area (Å²) >= 11 is 0. The molecule has 7 heteroatoms. The third kappa shape index (κ3) is 6.21. The highest BCUT2D eigenvalue weighted by Crippen LogP contribution is 2.35. The predicted octanol–water partition coefficient (Wildman–Crippen LogP) is 4.85. The van der Waals surface area contributed by atoms with Crippen molar-refractivity contribution >= 4 is 22.7 Å². The number of aryl methyl sites for hydroxylation is 1. The molecule has 2 atom stereocenters. The van der Waals surface area contributed by atoms with Crippen molar-refractivity contribution < 1.29 is 14.3 Å². The van der Waals surface area contributed by atoms with Crippen LogP contribution in [0.3, 0.4) is 0 Å². The molecule has 1 aromatic heterocycles. The molecule has 0 aliphatic carbocycles. The number of aromatic nitrogens is 1. The van der Waals surface area contributed by atoms with E-state index in [0.29, 0.717) is 25.8 Å². The number of hydrogen-bond donors (Lipinski definition) is 2. The summed E-state index contributed by atoms with van der Waals surface area (Å²) in [7, 11) is 0. The van der Waals surface area contributed by atoms with E-state index < -0.39 is 11.6 Å². The molecule has 3 saturated heterocycles. The van der Waals surface area contributed by atoms with Crippen molar-refractivity contribution in [1.82, 2.24) is 20.1 Å². The van der Waals surface area contributed by atoms with Gasteiger partial charge in [-0.3, -0.25) is 9.59 Å². The quantitative estimate of drug-likeness (QED) is 0.331. The number of carbonyl (C=O) groups excluding carboxylic acids is 2. The fraction of sp³-hybridized carbons (Fsp3) is 0.529. The van der Waals surface area contributed by atoms with Gasteiger partial charge in [-0.05, 0) is 68.7 Å². The van der Waals surface area contributed by atoms with E-state index in [2.05, 4.69) is 51.6 Å². The molecule has 3 fully saturated rings. The van der Waals surface area contributed by atoms with Gasteiger partial charge in [-0.25, -0.2) is 0 Å². The molecule has 4 heterocycles. The molecule has 0 saturated carbocycles. The molecular weight excluding hydrogens is 512 g/mol. The first-order valence-corrected chi connectivity index (χ1v) is 15.7. The largest absolute Gasteiger partial charge is 0.376 e. The number of H-pyrrole nitrogens is 1. The number of carbonyl (C=O) groups is 2. The Balaban J connectivity index is 1.06. The SMILES string of the molecule is O=C1C(Cc2c[nH]c3ccccc23)NC(=O)C2(CCN(CCCCCCc3ccccc3)CC2)N1CC1CCCO1. The molecule has 3 aliphatic heterocycles. The van der Waals surface area contributed by atoms with Crippen LogP contribution in [0.5, 0.6) is 0 Å². The minimum atomic E-state index is -0.772. The van der Waals surface area contributed by atoms with Gasteiger partial charge in [0.2, 0.25) is 11.8 Å². The number of benzene rings is 2. The van der Waals surface area contributed by atoms with E-state index in [-0.39, 0.29) is 17.9 Å². The lowest BCUT2D eigenvalue weighted by Crippen LogP contribution is -2.73. The molecule has 6 rings (SSSR count). The average molecular weight is 557 g/mol. The number of ether oxygens (including phenoxy) is 1. The number of likely N-dealkylation sites (tertiary alicyclic amines) is 1. The van der Waals surface area contributed by atoms with E-state index >= 15 is 0 Å². The number of unbranched alkanes of at least 4 members (excludes halogenated alkanes) is 3. The lowest BCUT2D eigenvalue weighted by Gasteiger charge is -2.52. The Morgan fingerprint density at radius 2 is 1.71 bits per heavy atom. The number of nitrogens with one attached hydrogen (secondary N) is 2. The van der Waals surface area contributed by atoms with E-state index in [1.165, 1.54) is 31.2 Å². The Morgan fingerprint density at radius 3 is 2.51 bits per heavy atom. The van der Waals surface area contributed by atoms with Crippen LogP contribution in [-0.2, 0) is 27.2 Å². The molecule has 3 aliphatic rings. The number of nitrogens with zero attached hydrogens (tertiary/aromatic N) is 2. The van der Waals surface area contributed by atoms with Crippen LogP contribution in [0.2, 0.25) is 0 Å². The first-order valence-electron chi connectivity index (χ1n) is 15.7. The van der Waals surface area contributed by atoms with Crippen molar-refractivity contribution in [3.05, 3.63) is 71.9 Å². The number of hydrogen-bond acceptors (Lipinski definition) is 4. The van der Waals surface area contributed by atoms with Crippen LogP contribution < -0.4 is 5.32 Å². The van der Waals surface area contributed by atoms with Gasteiger partial charge < -0.3 is 24.8 Å². The van der Waals surface area contributed by atoms with Gasteiger partial charge in [-0.15, -0.1) is 0 Å². The lowest BCUT2D eigenvalue weighted by atomic mass is 9.80. The first kappa shape index (κ1) is 28.0. The zero-order chi connectivity index (χ0) is 28.1. The molecule has 3 aromatic rings. The Bertz CT molecular complexity index is 1310. The van der Waals surface area contributed by atoms with Gasteiger partial charge in [0.15, 0.2) is 0 Å². The van der Waals surface area contributed by atoms with Crippen molar-refractivity contribution in [2.45, 2.75) is 81.9 Å². The highest BCUT2D eigenvalue weighted by molar-refractivity contribution is 6.00. The second-order valence-corrected chi connectivity index (χ2v) is 12.2. The fourth-order valence-electron chi connectivity index (χ4n) is 7.10. The molecule has 7 nitrogen and oxygen atoms in total. The second-order valence-electron chi connectivity index (χ2n) is 12.2. The number of piperazine rings is 1. The number of amides is 2. The summed E-state index contributed by atoms with van der Waals surface area (Å²) in [5.41, 5.74) is 2.76. The smallest absolute Gasteiger partial charge is 0.246 e. The Morgan fingerprint density at radius 1 is 0.927 bits per heavy atom. The summed E-state index contributed by atoms with van der Waals surface area (Å²) in [6, 6.07) is 18.3. The van der Waals surface area contributed by atoms with E-state index in [1.807, 2.05) is 29.3 Å². The molecule has 0 radical (unpaired) electrons. The van der Waals surface area contributed by atoms with Crippen LogP contribution in [0.15, 0.2) is 60.8 Å². The summed E-state index contributed by atoms with van der Waals surface area (Å²) in [6.07, 6.45) is 11.9. The Hall–Kier alpha value is -3.16. The van der Waals surface area contributed by atoms with Gasteiger partial charge in [-0.1, -0.05) is 61.4 Å². The normalized spacial score (nSPS) is 23.0. The average Bonchev–Trinajstić information content (AvgIpc) is 3.67. The number of piperidine rings is 1. The second kappa shape index (κ2) is 12.8. The highest BCUT2D eigenvalue weighted by Gasteiger charge is 2.54. The number of fused-ring (bicyclic) bond motifs is 1. The maximum absolute atomic E-state index is 14.1. The zero-order valence-electron chi connectivity index (χ0n) is 24.2. The van der Waals surface area contributed by atoms with Crippen molar-refractivity contribution in [1.29, 1.82) is 0 Å². The fourth-order valence-corrected chi connectivity index (χ4v) is 7.10. The first-order chi connectivity index (χ1) is 20.1. The Kier molecular flexibility index (Phi) is 8.73. The summed E-state index contributed by atoms with van der Waals surface area (Å²) in [5.74, 6) is 0.0535. The third-order valence-corrected chi connectivity index (χ3v) is 9.53.